The van der Waals surface area contributed by atoms with Crippen LogP contribution in [0.4, 0.5) is 8.78 Å². The molecular weight excluding hydrogens is 180 g/mol. The first-order valence-electron chi connectivity index (χ1n) is 3.59. The predicted octanol–water partition coefficient (Wildman–Crippen LogP) is 2.00. The number of ether oxygens (including phenoxy) is 2. The lowest BCUT2D eigenvalue weighted by atomic mass is 10.3. The van der Waals surface area contributed by atoms with E-state index in [1.165, 1.54) is 19.4 Å². The Morgan fingerprint density at radius 3 is 2.62 bits per heavy atom. The molecule has 0 aromatic carbocycles. The molecule has 1 aromatic rings. The average Bonchev–Trinajstić information content (AvgIpc) is 2.08. The number of hydrogen-bond donors (Lipinski definition) is 0. The Kier molecular flexibility index (Phi) is 3.00. The molecule has 0 aliphatic heterocycles. The summed E-state index contributed by atoms with van der Waals surface area (Å²) in [4.78, 5) is 3.73. The summed E-state index contributed by atoms with van der Waals surface area (Å²) >= 11 is 0. The van der Waals surface area contributed by atoms with E-state index < -0.39 is 6.61 Å². The molecule has 0 unspecified atom stereocenters. The third-order valence-corrected chi connectivity index (χ3v) is 1.46. The van der Waals surface area contributed by atoms with Crippen molar-refractivity contribution in [2.75, 3.05) is 7.11 Å². The van der Waals surface area contributed by atoms with Gasteiger partial charge in [0.15, 0.2) is 0 Å². The van der Waals surface area contributed by atoms with Crippen LogP contribution in [0.1, 0.15) is 5.56 Å². The second kappa shape index (κ2) is 4.02. The van der Waals surface area contributed by atoms with Crippen LogP contribution in [-0.4, -0.2) is 18.7 Å². The van der Waals surface area contributed by atoms with E-state index in [2.05, 4.69) is 9.72 Å². The summed E-state index contributed by atoms with van der Waals surface area (Å²) in [6, 6.07) is 1.53. The van der Waals surface area contributed by atoms with Crippen LogP contribution >= 0.6 is 0 Å². The van der Waals surface area contributed by atoms with Gasteiger partial charge in [-0.3, -0.25) is 0 Å². The van der Waals surface area contributed by atoms with E-state index in [1.54, 1.807) is 6.92 Å². The Morgan fingerprint density at radius 1 is 1.46 bits per heavy atom. The van der Waals surface area contributed by atoms with Gasteiger partial charge in [0.25, 0.3) is 0 Å². The molecule has 0 radical (unpaired) electrons. The highest BCUT2D eigenvalue weighted by molar-refractivity contribution is 5.33. The van der Waals surface area contributed by atoms with Gasteiger partial charge in [-0.1, -0.05) is 0 Å². The molecule has 0 amide bonds. The number of aromatic nitrogens is 1. The summed E-state index contributed by atoms with van der Waals surface area (Å²) in [6.45, 7) is -1.18. The highest BCUT2D eigenvalue weighted by atomic mass is 19.3. The third-order valence-electron chi connectivity index (χ3n) is 1.46. The molecular formula is C8H9F2NO2. The first kappa shape index (κ1) is 9.70. The maximum atomic E-state index is 11.8. The molecule has 1 rings (SSSR count). The van der Waals surface area contributed by atoms with E-state index in [4.69, 9.17) is 4.74 Å². The van der Waals surface area contributed by atoms with Gasteiger partial charge in [0.05, 0.1) is 13.3 Å². The van der Waals surface area contributed by atoms with Crippen molar-refractivity contribution in [3.05, 3.63) is 17.8 Å². The van der Waals surface area contributed by atoms with Gasteiger partial charge in [-0.2, -0.15) is 8.78 Å². The van der Waals surface area contributed by atoms with Gasteiger partial charge < -0.3 is 9.47 Å². The van der Waals surface area contributed by atoms with Crippen LogP contribution in [0.15, 0.2) is 12.3 Å². The summed E-state index contributed by atoms with van der Waals surface area (Å²) in [5.74, 6) is 0.440. The van der Waals surface area contributed by atoms with Crippen molar-refractivity contribution in [3.8, 4) is 11.6 Å². The number of hydrogen-bond acceptors (Lipinski definition) is 3. The normalized spacial score (nSPS) is 10.2. The number of halogens is 2. The zero-order valence-electron chi connectivity index (χ0n) is 7.25. The maximum Gasteiger partial charge on any atom is 0.387 e. The molecule has 0 spiro atoms. The van der Waals surface area contributed by atoms with Crippen LogP contribution in [0.2, 0.25) is 0 Å². The van der Waals surface area contributed by atoms with E-state index in [-0.39, 0.29) is 5.75 Å². The number of aryl methyl sites for hydroxylation is 1. The van der Waals surface area contributed by atoms with Gasteiger partial charge in [-0.25, -0.2) is 4.98 Å². The van der Waals surface area contributed by atoms with Gasteiger partial charge in [-0.05, 0) is 12.5 Å². The van der Waals surface area contributed by atoms with Gasteiger partial charge >= 0.3 is 6.61 Å². The standard InChI is InChI=1S/C8H9F2NO2/c1-5-3-7(12-2)11-4-6(5)13-8(9)10/h3-4,8H,1-2H3. The molecule has 0 N–H and O–H groups in total. The molecule has 13 heavy (non-hydrogen) atoms. The number of nitrogens with zero attached hydrogens (tertiary/aromatic N) is 1. The van der Waals surface area contributed by atoms with Crippen LogP contribution in [0, 0.1) is 6.92 Å². The Hall–Kier alpha value is -1.39. The molecule has 0 bridgehead atoms. The Bertz CT molecular complexity index is 291. The fraction of sp³-hybridized carbons (Fsp3) is 0.375. The largest absolute Gasteiger partial charge is 0.481 e. The minimum absolute atomic E-state index is 0.0656. The first-order valence-corrected chi connectivity index (χ1v) is 3.59. The number of methoxy groups -OCH3 is 1. The fourth-order valence-electron chi connectivity index (χ4n) is 0.849. The molecule has 0 aliphatic rings. The minimum atomic E-state index is -2.83. The SMILES string of the molecule is COc1cc(C)c(OC(F)F)cn1. The second-order valence-electron chi connectivity index (χ2n) is 2.37. The molecule has 0 aliphatic carbocycles. The topological polar surface area (TPSA) is 31.4 Å². The number of pyridine rings is 1. The highest BCUT2D eigenvalue weighted by Gasteiger charge is 2.08. The molecule has 3 nitrogen and oxygen atoms in total. The predicted molar refractivity (Wildman–Crippen MR) is 42.2 cm³/mol. The molecule has 1 heterocycles. The lowest BCUT2D eigenvalue weighted by Crippen LogP contribution is -2.04. The van der Waals surface area contributed by atoms with Gasteiger partial charge in [0.1, 0.15) is 5.75 Å². The van der Waals surface area contributed by atoms with Crippen LogP contribution < -0.4 is 9.47 Å². The van der Waals surface area contributed by atoms with Crippen LogP contribution in [-0.2, 0) is 0 Å². The average molecular weight is 189 g/mol. The molecule has 0 saturated heterocycles. The zero-order valence-corrected chi connectivity index (χ0v) is 7.25. The van der Waals surface area contributed by atoms with Crippen molar-refractivity contribution in [1.82, 2.24) is 4.98 Å². The summed E-state index contributed by atoms with van der Waals surface area (Å²) in [6.07, 6.45) is 1.21. The first-order chi connectivity index (χ1) is 6.13. The zero-order chi connectivity index (χ0) is 9.84. The summed E-state index contributed by atoms with van der Waals surface area (Å²) in [7, 11) is 1.45. The Morgan fingerprint density at radius 2 is 2.15 bits per heavy atom. The molecule has 72 valence electrons. The van der Waals surface area contributed by atoms with Crippen LogP contribution in [0.5, 0.6) is 11.6 Å². The third kappa shape index (κ3) is 2.54. The second-order valence-corrected chi connectivity index (χ2v) is 2.37. The van der Waals surface area contributed by atoms with E-state index in [0.717, 1.165) is 0 Å². The van der Waals surface area contributed by atoms with E-state index in [1.807, 2.05) is 0 Å². The molecule has 5 heteroatoms. The number of alkyl halides is 2. The van der Waals surface area contributed by atoms with Gasteiger partial charge in [0, 0.05) is 6.07 Å². The van der Waals surface area contributed by atoms with Gasteiger partial charge in [-0.15, -0.1) is 0 Å². The van der Waals surface area contributed by atoms with Crippen molar-refractivity contribution < 1.29 is 18.3 Å². The summed E-state index contributed by atoms with van der Waals surface area (Å²) in [5, 5.41) is 0. The summed E-state index contributed by atoms with van der Waals surface area (Å²) < 4.78 is 32.6. The van der Waals surface area contributed by atoms with E-state index in [9.17, 15) is 8.78 Å². The molecule has 1 aromatic heterocycles. The Balaban J connectivity index is 2.85. The fourth-order valence-corrected chi connectivity index (χ4v) is 0.849. The lowest BCUT2D eigenvalue weighted by molar-refractivity contribution is -0.0505. The lowest BCUT2D eigenvalue weighted by Gasteiger charge is -2.07. The highest BCUT2D eigenvalue weighted by Crippen LogP contribution is 2.21. The summed E-state index contributed by atoms with van der Waals surface area (Å²) in [5.41, 5.74) is 0.562. The van der Waals surface area contributed by atoms with Crippen molar-refractivity contribution in [3.63, 3.8) is 0 Å². The molecule has 0 fully saturated rings. The molecule has 0 atom stereocenters. The minimum Gasteiger partial charge on any atom is -0.481 e. The van der Waals surface area contributed by atoms with Crippen molar-refractivity contribution in [2.45, 2.75) is 13.5 Å². The van der Waals surface area contributed by atoms with E-state index >= 15 is 0 Å². The monoisotopic (exact) mass is 189 g/mol. The van der Waals surface area contributed by atoms with Crippen LogP contribution in [0.25, 0.3) is 0 Å². The quantitative estimate of drug-likeness (QED) is 0.728. The Labute approximate surface area is 74.3 Å². The maximum absolute atomic E-state index is 11.8. The number of rotatable bonds is 3. The van der Waals surface area contributed by atoms with E-state index in [0.29, 0.717) is 11.4 Å². The van der Waals surface area contributed by atoms with Crippen molar-refractivity contribution in [2.24, 2.45) is 0 Å². The smallest absolute Gasteiger partial charge is 0.387 e. The van der Waals surface area contributed by atoms with Crippen LogP contribution in [0.3, 0.4) is 0 Å². The van der Waals surface area contributed by atoms with Crippen molar-refractivity contribution in [1.29, 1.82) is 0 Å². The molecule has 0 saturated carbocycles. The van der Waals surface area contributed by atoms with Crippen molar-refractivity contribution >= 4 is 0 Å². The van der Waals surface area contributed by atoms with Gasteiger partial charge in [0.2, 0.25) is 5.88 Å².